The number of hydrogen-bond donors (Lipinski definition) is 2. The summed E-state index contributed by atoms with van der Waals surface area (Å²) in [7, 11) is 0. The highest BCUT2D eigenvalue weighted by Crippen LogP contribution is 2.09. The largest absolute Gasteiger partial charge is 0.396 e. The van der Waals surface area contributed by atoms with Crippen LogP contribution in [0.2, 0.25) is 0 Å². The molecule has 0 fully saturated rings. The van der Waals surface area contributed by atoms with E-state index in [9.17, 15) is 4.79 Å². The zero-order chi connectivity index (χ0) is 14.3. The molecule has 1 rings (SSSR count). The summed E-state index contributed by atoms with van der Waals surface area (Å²) in [5, 5.41) is 16.2. The summed E-state index contributed by atoms with van der Waals surface area (Å²) >= 11 is 0. The Kier molecular flexibility index (Phi) is 6.56. The number of aryl methyl sites for hydroxylation is 2. The molecule has 0 radical (unpaired) electrons. The number of amides is 1. The average molecular weight is 267 g/mol. The molecule has 0 spiro atoms. The fraction of sp³-hybridized carbons (Fsp3) is 0.714. The van der Waals surface area contributed by atoms with Gasteiger partial charge in [-0.2, -0.15) is 5.10 Å². The van der Waals surface area contributed by atoms with Crippen molar-refractivity contribution in [2.24, 2.45) is 5.92 Å². The van der Waals surface area contributed by atoms with Crippen LogP contribution < -0.4 is 5.32 Å². The quantitative estimate of drug-likeness (QED) is 0.748. The van der Waals surface area contributed by atoms with Crippen molar-refractivity contribution < 1.29 is 9.90 Å². The molecule has 0 aliphatic heterocycles. The van der Waals surface area contributed by atoms with Gasteiger partial charge in [0, 0.05) is 18.8 Å². The van der Waals surface area contributed by atoms with Gasteiger partial charge in [0.1, 0.15) is 6.54 Å². The molecule has 2 N–H and O–H groups in total. The minimum absolute atomic E-state index is 0.0229. The Bertz CT molecular complexity index is 395. The second kappa shape index (κ2) is 7.94. The number of aliphatic hydroxyl groups is 1. The van der Waals surface area contributed by atoms with E-state index in [0.717, 1.165) is 30.7 Å². The molecule has 19 heavy (non-hydrogen) atoms. The third-order valence-electron chi connectivity index (χ3n) is 3.22. The Morgan fingerprint density at radius 2 is 2.21 bits per heavy atom. The zero-order valence-electron chi connectivity index (χ0n) is 12.1. The Balaban J connectivity index is 2.40. The first-order valence-corrected chi connectivity index (χ1v) is 6.95. The Hall–Kier alpha value is -1.36. The van der Waals surface area contributed by atoms with E-state index >= 15 is 0 Å². The minimum Gasteiger partial charge on any atom is -0.396 e. The molecule has 5 heteroatoms. The Labute approximate surface area is 115 Å². The van der Waals surface area contributed by atoms with E-state index in [4.69, 9.17) is 5.11 Å². The Morgan fingerprint density at radius 1 is 1.47 bits per heavy atom. The molecule has 0 aromatic carbocycles. The van der Waals surface area contributed by atoms with E-state index in [1.807, 2.05) is 19.9 Å². The molecule has 1 amide bonds. The summed E-state index contributed by atoms with van der Waals surface area (Å²) in [4.78, 5) is 11.9. The maximum atomic E-state index is 11.9. The summed E-state index contributed by atoms with van der Waals surface area (Å²) in [6.07, 6.45) is 2.84. The van der Waals surface area contributed by atoms with Crippen molar-refractivity contribution in [3.63, 3.8) is 0 Å². The van der Waals surface area contributed by atoms with Crippen molar-refractivity contribution in [3.05, 3.63) is 17.5 Å². The number of carbonyl (C=O) groups is 1. The molecule has 1 aromatic heterocycles. The average Bonchev–Trinajstić information content (AvgIpc) is 2.65. The van der Waals surface area contributed by atoms with Crippen LogP contribution in [0.1, 0.15) is 37.6 Å². The van der Waals surface area contributed by atoms with E-state index < -0.39 is 0 Å². The third-order valence-corrected chi connectivity index (χ3v) is 3.22. The van der Waals surface area contributed by atoms with E-state index in [0.29, 0.717) is 12.5 Å². The topological polar surface area (TPSA) is 67.2 Å². The van der Waals surface area contributed by atoms with Crippen LogP contribution in [0.4, 0.5) is 0 Å². The first-order valence-electron chi connectivity index (χ1n) is 6.95. The summed E-state index contributed by atoms with van der Waals surface area (Å²) < 4.78 is 1.71. The molecule has 1 unspecified atom stereocenters. The van der Waals surface area contributed by atoms with E-state index in [-0.39, 0.29) is 19.1 Å². The fourth-order valence-corrected chi connectivity index (χ4v) is 2.22. The minimum atomic E-state index is -0.0229. The predicted octanol–water partition coefficient (Wildman–Crippen LogP) is 1.41. The van der Waals surface area contributed by atoms with Gasteiger partial charge in [0.2, 0.25) is 5.91 Å². The molecular formula is C14H25N3O2. The van der Waals surface area contributed by atoms with Gasteiger partial charge in [-0.3, -0.25) is 9.48 Å². The van der Waals surface area contributed by atoms with Crippen LogP contribution in [0, 0.1) is 19.8 Å². The van der Waals surface area contributed by atoms with Crippen molar-refractivity contribution in [1.82, 2.24) is 15.1 Å². The van der Waals surface area contributed by atoms with Crippen LogP contribution in [0.15, 0.2) is 6.07 Å². The van der Waals surface area contributed by atoms with Gasteiger partial charge < -0.3 is 10.4 Å². The molecular weight excluding hydrogens is 242 g/mol. The van der Waals surface area contributed by atoms with E-state index in [1.165, 1.54) is 0 Å². The molecule has 0 aliphatic rings. The zero-order valence-corrected chi connectivity index (χ0v) is 12.1. The predicted molar refractivity (Wildman–Crippen MR) is 74.8 cm³/mol. The smallest absolute Gasteiger partial charge is 0.241 e. The highest BCUT2D eigenvalue weighted by Gasteiger charge is 2.11. The van der Waals surface area contributed by atoms with Crippen LogP contribution in [0.5, 0.6) is 0 Å². The van der Waals surface area contributed by atoms with Gasteiger partial charge in [0.25, 0.3) is 0 Å². The molecule has 108 valence electrons. The van der Waals surface area contributed by atoms with Crippen molar-refractivity contribution >= 4 is 5.91 Å². The lowest BCUT2D eigenvalue weighted by Crippen LogP contribution is -2.33. The maximum absolute atomic E-state index is 11.9. The summed E-state index contributed by atoms with van der Waals surface area (Å²) in [5.74, 6) is 0.338. The number of carbonyl (C=O) groups excluding carboxylic acids is 1. The molecule has 5 nitrogen and oxygen atoms in total. The first-order chi connectivity index (χ1) is 9.06. The van der Waals surface area contributed by atoms with E-state index in [2.05, 4.69) is 17.3 Å². The van der Waals surface area contributed by atoms with Crippen molar-refractivity contribution in [2.45, 2.75) is 46.6 Å². The maximum Gasteiger partial charge on any atom is 0.241 e. The second-order valence-electron chi connectivity index (χ2n) is 5.06. The van der Waals surface area contributed by atoms with Crippen molar-refractivity contribution in [3.8, 4) is 0 Å². The monoisotopic (exact) mass is 267 g/mol. The Morgan fingerprint density at radius 3 is 2.74 bits per heavy atom. The number of rotatable bonds is 8. The van der Waals surface area contributed by atoms with Crippen LogP contribution in [0.3, 0.4) is 0 Å². The molecule has 1 heterocycles. The molecule has 0 saturated heterocycles. The van der Waals surface area contributed by atoms with Gasteiger partial charge in [0.05, 0.1) is 5.69 Å². The normalized spacial score (nSPS) is 12.4. The van der Waals surface area contributed by atoms with Gasteiger partial charge in [-0.25, -0.2) is 0 Å². The number of nitrogens with one attached hydrogen (secondary N) is 1. The van der Waals surface area contributed by atoms with Crippen LogP contribution >= 0.6 is 0 Å². The molecule has 0 saturated carbocycles. The number of nitrogens with zero attached hydrogens (tertiary/aromatic N) is 2. The van der Waals surface area contributed by atoms with Gasteiger partial charge in [-0.1, -0.05) is 13.3 Å². The van der Waals surface area contributed by atoms with Crippen LogP contribution in [-0.4, -0.2) is 33.9 Å². The summed E-state index contributed by atoms with van der Waals surface area (Å²) in [6, 6.07) is 1.96. The fourth-order valence-electron chi connectivity index (χ4n) is 2.22. The van der Waals surface area contributed by atoms with Gasteiger partial charge in [-0.15, -0.1) is 0 Å². The number of aromatic nitrogens is 2. The lowest BCUT2D eigenvalue weighted by molar-refractivity contribution is -0.122. The molecule has 1 atom stereocenters. The summed E-state index contributed by atoms with van der Waals surface area (Å²) in [5.41, 5.74) is 1.92. The highest BCUT2D eigenvalue weighted by molar-refractivity contribution is 5.75. The van der Waals surface area contributed by atoms with Gasteiger partial charge in [0.15, 0.2) is 0 Å². The van der Waals surface area contributed by atoms with Crippen LogP contribution in [-0.2, 0) is 11.3 Å². The van der Waals surface area contributed by atoms with Crippen molar-refractivity contribution in [2.75, 3.05) is 13.2 Å². The number of hydrogen-bond acceptors (Lipinski definition) is 3. The van der Waals surface area contributed by atoms with Gasteiger partial charge >= 0.3 is 0 Å². The molecule has 0 bridgehead atoms. The standard InChI is InChI=1S/C14H25N3O2/c1-4-5-13(6-7-18)9-15-14(19)10-17-12(3)8-11(2)16-17/h8,13,18H,4-7,9-10H2,1-3H3,(H,15,19). The van der Waals surface area contributed by atoms with Crippen LogP contribution in [0.25, 0.3) is 0 Å². The first kappa shape index (κ1) is 15.7. The summed E-state index contributed by atoms with van der Waals surface area (Å²) in [6.45, 7) is 7.04. The molecule has 1 aromatic rings. The lowest BCUT2D eigenvalue weighted by Gasteiger charge is -2.15. The lowest BCUT2D eigenvalue weighted by atomic mass is 10.0. The molecule has 0 aliphatic carbocycles. The SMILES string of the molecule is CCCC(CCO)CNC(=O)Cn1nc(C)cc1C. The highest BCUT2D eigenvalue weighted by atomic mass is 16.3. The second-order valence-corrected chi connectivity index (χ2v) is 5.06. The number of aliphatic hydroxyl groups excluding tert-OH is 1. The van der Waals surface area contributed by atoms with Gasteiger partial charge in [-0.05, 0) is 38.7 Å². The van der Waals surface area contributed by atoms with Crippen molar-refractivity contribution in [1.29, 1.82) is 0 Å². The third kappa shape index (κ3) is 5.42. The van der Waals surface area contributed by atoms with E-state index in [1.54, 1.807) is 4.68 Å².